The van der Waals surface area contributed by atoms with Crippen molar-refractivity contribution in [2.24, 2.45) is 0 Å². The molecule has 0 saturated heterocycles. The van der Waals surface area contributed by atoms with Crippen molar-refractivity contribution in [3.8, 4) is 5.69 Å². The van der Waals surface area contributed by atoms with Crippen LogP contribution in [-0.2, 0) is 4.74 Å². The van der Waals surface area contributed by atoms with E-state index in [1.54, 1.807) is 0 Å². The molecule has 0 aliphatic heterocycles. The van der Waals surface area contributed by atoms with Gasteiger partial charge in [0.25, 0.3) is 0 Å². The Bertz CT molecular complexity index is 1290. The molecule has 0 aliphatic rings. The Morgan fingerprint density at radius 1 is 1.07 bits per heavy atom. The van der Waals surface area contributed by atoms with E-state index in [-0.39, 0.29) is 18.7 Å². The highest BCUT2D eigenvalue weighted by molar-refractivity contribution is 5.94. The molecule has 0 bridgehead atoms. The molecule has 0 N–H and O–H groups in total. The van der Waals surface area contributed by atoms with E-state index in [0.717, 1.165) is 0 Å². The summed E-state index contributed by atoms with van der Waals surface area (Å²) in [5.41, 5.74) is -5.22. The van der Waals surface area contributed by atoms with Crippen LogP contribution in [-0.4, -0.2) is 22.1 Å². The minimum absolute atomic E-state index is 0.110. The number of rotatable bonds is 4. The smallest absolute Gasteiger partial charge is 0.343 e. The van der Waals surface area contributed by atoms with Gasteiger partial charge in [0.2, 0.25) is 11.2 Å². The average Bonchev–Trinajstić information content (AvgIpc) is 2.67. The summed E-state index contributed by atoms with van der Waals surface area (Å²) in [6, 6.07) is 0.745. The Balaban J connectivity index is 2.54. The zero-order valence-electron chi connectivity index (χ0n) is 14.8. The maximum absolute atomic E-state index is 14.5. The summed E-state index contributed by atoms with van der Waals surface area (Å²) in [7, 11) is 0. The number of nitrogens with zero attached hydrogens (tertiary/aromatic N) is 2. The highest BCUT2D eigenvalue weighted by Crippen LogP contribution is 2.29. The lowest BCUT2D eigenvalue weighted by Crippen LogP contribution is -2.22. The van der Waals surface area contributed by atoms with Crippen molar-refractivity contribution < 1.29 is 36.4 Å². The first-order chi connectivity index (χ1) is 14.1. The van der Waals surface area contributed by atoms with Crippen molar-refractivity contribution >= 4 is 22.6 Å². The van der Waals surface area contributed by atoms with Gasteiger partial charge in [0, 0.05) is 18.3 Å². The quantitative estimate of drug-likeness (QED) is 0.207. The molecule has 0 spiro atoms. The predicted octanol–water partition coefficient (Wildman–Crippen LogP) is 3.77. The Labute approximate surface area is 163 Å². The molecule has 30 heavy (non-hydrogen) atoms. The third kappa shape index (κ3) is 3.25. The first kappa shape index (κ1) is 20.9. The number of aromatic nitrogens is 1. The van der Waals surface area contributed by atoms with Crippen LogP contribution in [0, 0.1) is 39.2 Å². The number of benzene rings is 2. The monoisotopic (exact) mass is 428 g/mol. The van der Waals surface area contributed by atoms with Crippen LogP contribution in [0.4, 0.5) is 27.6 Å². The zero-order valence-corrected chi connectivity index (χ0v) is 14.8. The molecule has 3 aromatic rings. The number of fused-ring (bicyclic) bond motifs is 1. The average molecular weight is 428 g/mol. The summed E-state index contributed by atoms with van der Waals surface area (Å²) in [5, 5.41) is 10.1. The van der Waals surface area contributed by atoms with Crippen molar-refractivity contribution in [3.63, 3.8) is 0 Å². The molecule has 1 aromatic heterocycles. The zero-order chi connectivity index (χ0) is 22.3. The van der Waals surface area contributed by atoms with Crippen LogP contribution < -0.4 is 5.43 Å². The Morgan fingerprint density at radius 2 is 1.73 bits per heavy atom. The number of hydrogen-bond donors (Lipinski definition) is 0. The van der Waals surface area contributed by atoms with Crippen LogP contribution in [0.3, 0.4) is 0 Å². The van der Waals surface area contributed by atoms with E-state index in [1.807, 2.05) is 0 Å². The second-order valence-electron chi connectivity index (χ2n) is 5.86. The first-order valence-electron chi connectivity index (χ1n) is 8.12. The molecule has 0 aliphatic carbocycles. The fourth-order valence-corrected chi connectivity index (χ4v) is 2.79. The molecular weight excluding hydrogens is 419 g/mol. The van der Waals surface area contributed by atoms with Gasteiger partial charge in [-0.15, -0.1) is 0 Å². The van der Waals surface area contributed by atoms with Gasteiger partial charge in [-0.3, -0.25) is 14.9 Å². The summed E-state index contributed by atoms with van der Waals surface area (Å²) in [4.78, 5) is 34.4. The van der Waals surface area contributed by atoms with Gasteiger partial charge in [0.1, 0.15) is 5.56 Å². The van der Waals surface area contributed by atoms with Crippen LogP contribution in [0.2, 0.25) is 0 Å². The summed E-state index contributed by atoms with van der Waals surface area (Å²) in [6.07, 6.45) is 0.545. The number of nitro groups is 1. The summed E-state index contributed by atoms with van der Waals surface area (Å²) in [5.74, 6) is -9.99. The maximum Gasteiger partial charge on any atom is 0.343 e. The molecule has 0 fully saturated rings. The lowest BCUT2D eigenvalue weighted by molar-refractivity contribution is -0.387. The van der Waals surface area contributed by atoms with Crippen molar-refractivity contribution in [1.82, 2.24) is 4.57 Å². The minimum atomic E-state index is -2.02. The molecule has 1 heterocycles. The molecule has 0 saturated carbocycles. The van der Waals surface area contributed by atoms with Gasteiger partial charge < -0.3 is 9.30 Å². The van der Waals surface area contributed by atoms with E-state index in [1.165, 1.54) is 6.92 Å². The molecule has 156 valence electrons. The number of hydrogen-bond acceptors (Lipinski definition) is 5. The van der Waals surface area contributed by atoms with Crippen molar-refractivity contribution in [2.45, 2.75) is 6.92 Å². The van der Waals surface area contributed by atoms with E-state index in [4.69, 9.17) is 0 Å². The van der Waals surface area contributed by atoms with E-state index in [2.05, 4.69) is 4.74 Å². The summed E-state index contributed by atoms with van der Waals surface area (Å²) < 4.78 is 75.2. The number of carbonyl (C=O) groups excluding carboxylic acids is 1. The van der Waals surface area contributed by atoms with Crippen LogP contribution in [0.15, 0.2) is 29.2 Å². The van der Waals surface area contributed by atoms with Gasteiger partial charge in [-0.05, 0) is 13.0 Å². The van der Waals surface area contributed by atoms with E-state index >= 15 is 0 Å². The standard InChI is InChI=1S/C18H9F5N2O5/c1-2-30-18(27)8-6-24(12-5-13(25(28)29)10(20)4-9(12)19)16-7(17(8)26)3-11(21)14(22)15(16)23/h3-6H,2H2,1H3. The molecular formula is C18H9F5N2O5. The number of halogens is 5. The fraction of sp³-hybridized carbons (Fsp3) is 0.111. The number of pyridine rings is 1. The molecule has 2 aromatic carbocycles. The lowest BCUT2D eigenvalue weighted by Gasteiger charge is -2.15. The molecule has 7 nitrogen and oxygen atoms in total. The van der Waals surface area contributed by atoms with Crippen LogP contribution in [0.5, 0.6) is 0 Å². The van der Waals surface area contributed by atoms with Crippen molar-refractivity contribution in [2.75, 3.05) is 6.61 Å². The minimum Gasteiger partial charge on any atom is -0.462 e. The SMILES string of the molecule is CCOC(=O)c1cn(-c2cc([N+](=O)[O-])c(F)cc2F)c2c(F)c(F)c(F)cc2c1=O. The van der Waals surface area contributed by atoms with Gasteiger partial charge in [0.15, 0.2) is 23.3 Å². The first-order valence-corrected chi connectivity index (χ1v) is 8.12. The number of esters is 1. The van der Waals surface area contributed by atoms with Crippen LogP contribution in [0.1, 0.15) is 17.3 Å². The maximum atomic E-state index is 14.5. The van der Waals surface area contributed by atoms with Crippen molar-refractivity contribution in [3.05, 3.63) is 79.4 Å². The number of carbonyl (C=O) groups is 1. The van der Waals surface area contributed by atoms with Gasteiger partial charge >= 0.3 is 11.7 Å². The van der Waals surface area contributed by atoms with Crippen LogP contribution in [0.25, 0.3) is 16.6 Å². The Morgan fingerprint density at radius 3 is 2.33 bits per heavy atom. The van der Waals surface area contributed by atoms with Crippen LogP contribution >= 0.6 is 0 Å². The van der Waals surface area contributed by atoms with Gasteiger partial charge in [-0.25, -0.2) is 22.4 Å². The molecule has 3 rings (SSSR count). The number of nitro benzene ring substituents is 1. The highest BCUT2D eigenvalue weighted by atomic mass is 19.2. The predicted molar refractivity (Wildman–Crippen MR) is 91.9 cm³/mol. The lowest BCUT2D eigenvalue weighted by atomic mass is 10.1. The topological polar surface area (TPSA) is 91.4 Å². The molecule has 0 amide bonds. The third-order valence-electron chi connectivity index (χ3n) is 4.09. The summed E-state index contributed by atoms with van der Waals surface area (Å²) in [6.45, 7) is 1.20. The van der Waals surface area contributed by atoms with E-state index < -0.39 is 73.2 Å². The molecule has 0 radical (unpaired) electrons. The molecule has 0 atom stereocenters. The highest BCUT2D eigenvalue weighted by Gasteiger charge is 2.26. The number of ether oxygens (including phenoxy) is 1. The fourth-order valence-electron chi connectivity index (χ4n) is 2.79. The van der Waals surface area contributed by atoms with Gasteiger partial charge in [-0.1, -0.05) is 0 Å². The van der Waals surface area contributed by atoms with Gasteiger partial charge in [0.05, 0.1) is 28.1 Å². The third-order valence-corrected chi connectivity index (χ3v) is 4.09. The van der Waals surface area contributed by atoms with E-state index in [9.17, 15) is 41.7 Å². The normalized spacial score (nSPS) is 11.0. The molecule has 12 heteroatoms. The second-order valence-corrected chi connectivity index (χ2v) is 5.86. The molecule has 0 unspecified atom stereocenters. The van der Waals surface area contributed by atoms with E-state index in [0.29, 0.717) is 16.8 Å². The summed E-state index contributed by atoms with van der Waals surface area (Å²) >= 11 is 0. The Hall–Kier alpha value is -3.83. The van der Waals surface area contributed by atoms with Crippen molar-refractivity contribution in [1.29, 1.82) is 0 Å². The van der Waals surface area contributed by atoms with Gasteiger partial charge in [-0.2, -0.15) is 4.39 Å². The largest absolute Gasteiger partial charge is 0.462 e. The second kappa shape index (κ2) is 7.54. The Kier molecular flexibility index (Phi) is 5.25.